The number of benzene rings is 1. The fourth-order valence-corrected chi connectivity index (χ4v) is 1.84. The largest absolute Gasteiger partial charge is 0.294 e. The van der Waals surface area contributed by atoms with Crippen molar-refractivity contribution in [2.24, 2.45) is 7.05 Å². The zero-order valence-corrected chi connectivity index (χ0v) is 9.38. The number of hydrogen-bond acceptors (Lipinski definition) is 2. The van der Waals surface area contributed by atoms with Crippen LogP contribution in [0, 0.1) is 0 Å². The van der Waals surface area contributed by atoms with Gasteiger partial charge in [0, 0.05) is 24.4 Å². The van der Waals surface area contributed by atoms with Crippen LogP contribution in [-0.2, 0) is 7.05 Å². The van der Waals surface area contributed by atoms with Crippen LogP contribution in [0.5, 0.6) is 0 Å². The Morgan fingerprint density at radius 1 is 1.53 bits per heavy atom. The Kier molecular flexibility index (Phi) is 2.49. The molecule has 2 rings (SSSR count). The van der Waals surface area contributed by atoms with Gasteiger partial charge in [-0.1, -0.05) is 18.5 Å². The third-order valence-corrected chi connectivity index (χ3v) is 2.77. The van der Waals surface area contributed by atoms with Crippen molar-refractivity contribution in [1.29, 1.82) is 0 Å². The second-order valence-electron chi connectivity index (χ2n) is 3.44. The first kappa shape index (κ1) is 10.2. The van der Waals surface area contributed by atoms with Crippen LogP contribution in [0.4, 0.5) is 0 Å². The second-order valence-corrected chi connectivity index (χ2v) is 3.84. The molecule has 0 saturated heterocycles. The highest BCUT2D eigenvalue weighted by molar-refractivity contribution is 6.34. The molecule has 0 aliphatic carbocycles. The first-order chi connectivity index (χ1) is 7.13. The van der Waals surface area contributed by atoms with Gasteiger partial charge in [-0.15, -0.1) is 0 Å². The van der Waals surface area contributed by atoms with Gasteiger partial charge in [0.1, 0.15) is 0 Å². The molecule has 0 atom stereocenters. The van der Waals surface area contributed by atoms with E-state index in [0.29, 0.717) is 17.0 Å². The molecule has 4 heteroatoms. The number of aryl methyl sites for hydroxylation is 1. The van der Waals surface area contributed by atoms with Crippen molar-refractivity contribution < 1.29 is 4.79 Å². The number of carbonyl (C=O) groups is 1. The van der Waals surface area contributed by atoms with Crippen LogP contribution in [0.1, 0.15) is 23.7 Å². The van der Waals surface area contributed by atoms with Crippen LogP contribution < -0.4 is 0 Å². The van der Waals surface area contributed by atoms with E-state index in [-0.39, 0.29) is 5.78 Å². The van der Waals surface area contributed by atoms with Gasteiger partial charge in [0.25, 0.3) is 0 Å². The molecule has 1 aromatic carbocycles. The topological polar surface area (TPSA) is 34.9 Å². The first-order valence-corrected chi connectivity index (χ1v) is 5.15. The highest BCUT2D eigenvalue weighted by Gasteiger charge is 2.11. The van der Waals surface area contributed by atoms with Crippen molar-refractivity contribution >= 4 is 28.3 Å². The Morgan fingerprint density at radius 2 is 2.27 bits per heavy atom. The van der Waals surface area contributed by atoms with E-state index in [1.165, 1.54) is 0 Å². The molecular weight excluding hydrogens is 212 g/mol. The standard InChI is InChI=1S/C11H11ClN2O/c1-3-11(15)8-4-7-6-13-14(2)10(7)5-9(8)12/h4-6H,3H2,1-2H3. The zero-order valence-electron chi connectivity index (χ0n) is 8.62. The van der Waals surface area contributed by atoms with Crippen molar-refractivity contribution in [3.05, 3.63) is 28.9 Å². The number of carbonyl (C=O) groups excluding carboxylic acids is 1. The summed E-state index contributed by atoms with van der Waals surface area (Å²) in [7, 11) is 1.85. The fourth-order valence-electron chi connectivity index (χ4n) is 1.58. The maximum absolute atomic E-state index is 11.6. The van der Waals surface area contributed by atoms with Gasteiger partial charge < -0.3 is 0 Å². The summed E-state index contributed by atoms with van der Waals surface area (Å²) in [5.74, 6) is 0.0609. The highest BCUT2D eigenvalue weighted by atomic mass is 35.5. The van der Waals surface area contributed by atoms with E-state index in [9.17, 15) is 4.79 Å². The quantitative estimate of drug-likeness (QED) is 0.733. The van der Waals surface area contributed by atoms with Crippen molar-refractivity contribution in [2.75, 3.05) is 0 Å². The van der Waals surface area contributed by atoms with Crippen LogP contribution in [0.2, 0.25) is 5.02 Å². The Hall–Kier alpha value is -1.35. The third-order valence-electron chi connectivity index (χ3n) is 2.46. The molecule has 0 N–H and O–H groups in total. The van der Waals surface area contributed by atoms with Crippen LogP contribution in [0.15, 0.2) is 18.3 Å². The lowest BCUT2D eigenvalue weighted by Gasteiger charge is -2.02. The number of halogens is 1. The van der Waals surface area contributed by atoms with E-state index in [0.717, 1.165) is 10.9 Å². The van der Waals surface area contributed by atoms with Gasteiger partial charge in [-0.25, -0.2) is 0 Å². The van der Waals surface area contributed by atoms with Gasteiger partial charge >= 0.3 is 0 Å². The number of hydrogen-bond donors (Lipinski definition) is 0. The van der Waals surface area contributed by atoms with E-state index in [1.54, 1.807) is 23.0 Å². The summed E-state index contributed by atoms with van der Waals surface area (Å²) in [6, 6.07) is 3.59. The summed E-state index contributed by atoms with van der Waals surface area (Å²) in [6.07, 6.45) is 2.20. The minimum atomic E-state index is 0.0609. The maximum Gasteiger partial charge on any atom is 0.164 e. The summed E-state index contributed by atoms with van der Waals surface area (Å²) in [6.45, 7) is 1.83. The number of Topliss-reactive ketones (excluding diaryl/α,β-unsaturated/α-hetero) is 1. The fraction of sp³-hybridized carbons (Fsp3) is 0.273. The third kappa shape index (κ3) is 1.63. The minimum absolute atomic E-state index is 0.0609. The summed E-state index contributed by atoms with van der Waals surface area (Å²) in [4.78, 5) is 11.6. The van der Waals surface area contributed by atoms with Crippen LogP contribution in [0.25, 0.3) is 10.9 Å². The van der Waals surface area contributed by atoms with Gasteiger partial charge in [-0.2, -0.15) is 5.10 Å². The van der Waals surface area contributed by atoms with Crippen molar-refractivity contribution in [3.63, 3.8) is 0 Å². The average molecular weight is 223 g/mol. The second kappa shape index (κ2) is 3.66. The lowest BCUT2D eigenvalue weighted by molar-refractivity contribution is 0.0988. The van der Waals surface area contributed by atoms with E-state index >= 15 is 0 Å². The normalized spacial score (nSPS) is 10.9. The lowest BCUT2D eigenvalue weighted by atomic mass is 10.1. The molecule has 0 radical (unpaired) electrons. The van der Waals surface area contributed by atoms with Gasteiger partial charge in [0.05, 0.1) is 16.7 Å². The Bertz CT molecular complexity index is 531. The number of nitrogens with zero attached hydrogens (tertiary/aromatic N) is 2. The summed E-state index contributed by atoms with van der Waals surface area (Å²) in [5.41, 5.74) is 1.52. The highest BCUT2D eigenvalue weighted by Crippen LogP contribution is 2.24. The minimum Gasteiger partial charge on any atom is -0.294 e. The number of ketones is 1. The Morgan fingerprint density at radius 3 is 2.93 bits per heavy atom. The van der Waals surface area contributed by atoms with E-state index in [4.69, 9.17) is 11.6 Å². The lowest BCUT2D eigenvalue weighted by Crippen LogP contribution is -1.98. The molecule has 0 aliphatic rings. The van der Waals surface area contributed by atoms with Crippen LogP contribution in [-0.4, -0.2) is 15.6 Å². The Balaban J connectivity index is 2.68. The number of rotatable bonds is 2. The SMILES string of the molecule is CCC(=O)c1cc2cnn(C)c2cc1Cl. The zero-order chi connectivity index (χ0) is 11.0. The predicted molar refractivity (Wildman–Crippen MR) is 60.3 cm³/mol. The van der Waals surface area contributed by atoms with E-state index in [1.807, 2.05) is 14.0 Å². The molecule has 0 unspecified atom stereocenters. The predicted octanol–water partition coefficient (Wildman–Crippen LogP) is 2.82. The van der Waals surface area contributed by atoms with Crippen LogP contribution in [0.3, 0.4) is 0 Å². The summed E-state index contributed by atoms with van der Waals surface area (Å²) in [5, 5.41) is 5.55. The van der Waals surface area contributed by atoms with Gasteiger partial charge in [-0.3, -0.25) is 9.48 Å². The number of aromatic nitrogens is 2. The number of fused-ring (bicyclic) bond motifs is 1. The molecule has 15 heavy (non-hydrogen) atoms. The van der Waals surface area contributed by atoms with Gasteiger partial charge in [0.2, 0.25) is 0 Å². The van der Waals surface area contributed by atoms with E-state index in [2.05, 4.69) is 5.10 Å². The van der Waals surface area contributed by atoms with Crippen molar-refractivity contribution in [2.45, 2.75) is 13.3 Å². The molecule has 0 bridgehead atoms. The smallest absolute Gasteiger partial charge is 0.164 e. The first-order valence-electron chi connectivity index (χ1n) is 4.78. The summed E-state index contributed by atoms with van der Waals surface area (Å²) >= 11 is 6.04. The molecule has 78 valence electrons. The molecule has 0 saturated carbocycles. The van der Waals surface area contributed by atoms with E-state index < -0.39 is 0 Å². The van der Waals surface area contributed by atoms with Crippen molar-refractivity contribution in [1.82, 2.24) is 9.78 Å². The molecule has 1 heterocycles. The molecule has 0 spiro atoms. The van der Waals surface area contributed by atoms with Gasteiger partial charge in [0.15, 0.2) is 5.78 Å². The van der Waals surface area contributed by atoms with Crippen molar-refractivity contribution in [3.8, 4) is 0 Å². The molecule has 0 fully saturated rings. The summed E-state index contributed by atoms with van der Waals surface area (Å²) < 4.78 is 1.74. The molecular formula is C11H11ClN2O. The molecule has 3 nitrogen and oxygen atoms in total. The Labute approximate surface area is 92.6 Å². The monoisotopic (exact) mass is 222 g/mol. The molecule has 0 aliphatic heterocycles. The van der Waals surface area contributed by atoms with Gasteiger partial charge in [-0.05, 0) is 12.1 Å². The molecule has 1 aromatic heterocycles. The molecule has 0 amide bonds. The van der Waals surface area contributed by atoms with Crippen LogP contribution >= 0.6 is 11.6 Å². The molecule has 2 aromatic rings. The maximum atomic E-state index is 11.6. The average Bonchev–Trinajstić information content (AvgIpc) is 2.58.